The van der Waals surface area contributed by atoms with Crippen LogP contribution in [-0.2, 0) is 6.54 Å². The number of hydrogen-bond acceptors (Lipinski definition) is 3. The van der Waals surface area contributed by atoms with Crippen LogP contribution in [0, 0.1) is 12.8 Å². The lowest BCUT2D eigenvalue weighted by Crippen LogP contribution is -2.38. The molecular formula is C14H23N3. The largest absolute Gasteiger partial charge is 0.312 e. The van der Waals surface area contributed by atoms with Crippen molar-refractivity contribution in [3.05, 3.63) is 29.6 Å². The SMILES string of the molecule is Cc1cccc(CN(C)CC2NCCC2C)n1. The highest BCUT2D eigenvalue weighted by atomic mass is 15.1. The summed E-state index contributed by atoms with van der Waals surface area (Å²) in [7, 11) is 2.18. The highest BCUT2D eigenvalue weighted by molar-refractivity contribution is 5.09. The first-order chi connectivity index (χ1) is 8.15. The molecule has 1 aromatic heterocycles. The number of hydrogen-bond donors (Lipinski definition) is 1. The van der Waals surface area contributed by atoms with Crippen LogP contribution < -0.4 is 5.32 Å². The molecule has 3 heteroatoms. The summed E-state index contributed by atoms with van der Waals surface area (Å²) in [5, 5.41) is 3.57. The van der Waals surface area contributed by atoms with Crippen LogP contribution in [0.4, 0.5) is 0 Å². The standard InChI is InChI=1S/C14H23N3/c1-11-7-8-15-14(11)10-17(3)9-13-6-4-5-12(2)16-13/h4-6,11,14-15H,7-10H2,1-3H3. The lowest BCUT2D eigenvalue weighted by molar-refractivity contribution is 0.269. The van der Waals surface area contributed by atoms with Crippen molar-refractivity contribution in [3.63, 3.8) is 0 Å². The van der Waals surface area contributed by atoms with Gasteiger partial charge in [-0.1, -0.05) is 13.0 Å². The van der Waals surface area contributed by atoms with Gasteiger partial charge in [-0.2, -0.15) is 0 Å². The molecule has 0 saturated carbocycles. The van der Waals surface area contributed by atoms with Crippen molar-refractivity contribution in [2.45, 2.75) is 32.9 Å². The normalized spacial score (nSPS) is 24.5. The number of rotatable bonds is 4. The Labute approximate surface area is 104 Å². The summed E-state index contributed by atoms with van der Waals surface area (Å²) in [6.45, 7) is 7.60. The molecule has 1 fully saturated rings. The molecule has 1 saturated heterocycles. The van der Waals surface area contributed by atoms with Gasteiger partial charge >= 0.3 is 0 Å². The minimum Gasteiger partial charge on any atom is -0.312 e. The van der Waals surface area contributed by atoms with E-state index in [-0.39, 0.29) is 0 Å². The maximum atomic E-state index is 4.54. The molecule has 1 aliphatic heterocycles. The van der Waals surface area contributed by atoms with Crippen molar-refractivity contribution in [2.24, 2.45) is 5.92 Å². The second-order valence-corrected chi connectivity index (χ2v) is 5.29. The first kappa shape index (κ1) is 12.5. The third-order valence-electron chi connectivity index (χ3n) is 3.58. The molecule has 0 radical (unpaired) electrons. The average molecular weight is 233 g/mol. The Hall–Kier alpha value is -0.930. The van der Waals surface area contributed by atoms with Crippen molar-refractivity contribution in [1.82, 2.24) is 15.2 Å². The van der Waals surface area contributed by atoms with Crippen LogP contribution in [0.25, 0.3) is 0 Å². The Morgan fingerprint density at radius 2 is 2.29 bits per heavy atom. The Balaban J connectivity index is 1.86. The quantitative estimate of drug-likeness (QED) is 0.860. The summed E-state index contributed by atoms with van der Waals surface area (Å²) < 4.78 is 0. The highest BCUT2D eigenvalue weighted by Crippen LogP contribution is 2.15. The smallest absolute Gasteiger partial charge is 0.0547 e. The van der Waals surface area contributed by atoms with E-state index in [1.54, 1.807) is 0 Å². The van der Waals surface area contributed by atoms with Gasteiger partial charge in [-0.25, -0.2) is 0 Å². The Morgan fingerprint density at radius 1 is 1.47 bits per heavy atom. The van der Waals surface area contributed by atoms with Crippen LogP contribution in [0.2, 0.25) is 0 Å². The van der Waals surface area contributed by atoms with Crippen LogP contribution in [0.5, 0.6) is 0 Å². The highest BCUT2D eigenvalue weighted by Gasteiger charge is 2.23. The maximum Gasteiger partial charge on any atom is 0.0547 e. The Morgan fingerprint density at radius 3 is 2.94 bits per heavy atom. The first-order valence-electron chi connectivity index (χ1n) is 6.49. The van der Waals surface area contributed by atoms with Gasteiger partial charge in [0.15, 0.2) is 0 Å². The van der Waals surface area contributed by atoms with Crippen molar-refractivity contribution in [1.29, 1.82) is 0 Å². The van der Waals surface area contributed by atoms with Gasteiger partial charge in [-0.3, -0.25) is 9.88 Å². The minimum atomic E-state index is 0.643. The van der Waals surface area contributed by atoms with Gasteiger partial charge < -0.3 is 5.32 Å². The molecule has 94 valence electrons. The molecule has 17 heavy (non-hydrogen) atoms. The molecule has 0 aliphatic carbocycles. The predicted octanol–water partition coefficient (Wildman–Crippen LogP) is 1.82. The molecule has 1 aromatic rings. The molecule has 1 N–H and O–H groups in total. The summed E-state index contributed by atoms with van der Waals surface area (Å²) in [6.07, 6.45) is 1.31. The topological polar surface area (TPSA) is 28.2 Å². The lowest BCUT2D eigenvalue weighted by atomic mass is 10.0. The van der Waals surface area contributed by atoms with Gasteiger partial charge in [0.25, 0.3) is 0 Å². The van der Waals surface area contributed by atoms with Gasteiger partial charge in [0.1, 0.15) is 0 Å². The number of aryl methyl sites for hydroxylation is 1. The number of nitrogens with zero attached hydrogens (tertiary/aromatic N) is 2. The van der Waals surface area contributed by atoms with Gasteiger partial charge in [-0.15, -0.1) is 0 Å². The zero-order chi connectivity index (χ0) is 12.3. The fraction of sp³-hybridized carbons (Fsp3) is 0.643. The molecule has 3 nitrogen and oxygen atoms in total. The molecule has 2 rings (SSSR count). The van der Waals surface area contributed by atoms with Crippen LogP contribution in [-0.4, -0.2) is 36.1 Å². The van der Waals surface area contributed by atoms with E-state index in [1.165, 1.54) is 13.0 Å². The molecule has 0 aromatic carbocycles. The first-order valence-corrected chi connectivity index (χ1v) is 6.49. The van der Waals surface area contributed by atoms with E-state index in [4.69, 9.17) is 0 Å². The van der Waals surface area contributed by atoms with Crippen LogP contribution in [0.3, 0.4) is 0 Å². The summed E-state index contributed by atoms with van der Waals surface area (Å²) in [4.78, 5) is 6.91. The average Bonchev–Trinajstić information content (AvgIpc) is 2.64. The van der Waals surface area contributed by atoms with Gasteiger partial charge in [0.05, 0.1) is 5.69 Å². The van der Waals surface area contributed by atoms with E-state index in [2.05, 4.69) is 41.3 Å². The van der Waals surface area contributed by atoms with E-state index in [0.717, 1.165) is 30.4 Å². The number of likely N-dealkylation sites (N-methyl/N-ethyl adjacent to an activating group) is 1. The minimum absolute atomic E-state index is 0.643. The molecule has 0 amide bonds. The lowest BCUT2D eigenvalue weighted by Gasteiger charge is -2.23. The van der Waals surface area contributed by atoms with Gasteiger partial charge in [-0.05, 0) is 45.0 Å². The fourth-order valence-electron chi connectivity index (χ4n) is 2.51. The summed E-state index contributed by atoms with van der Waals surface area (Å²) >= 11 is 0. The third-order valence-corrected chi connectivity index (χ3v) is 3.58. The maximum absolute atomic E-state index is 4.54. The monoisotopic (exact) mass is 233 g/mol. The molecule has 2 unspecified atom stereocenters. The van der Waals surface area contributed by atoms with E-state index in [9.17, 15) is 0 Å². The van der Waals surface area contributed by atoms with Crippen LogP contribution in [0.1, 0.15) is 24.7 Å². The number of pyridine rings is 1. The number of nitrogens with one attached hydrogen (secondary N) is 1. The zero-order valence-electron chi connectivity index (χ0n) is 11.1. The summed E-state index contributed by atoms with van der Waals surface area (Å²) in [6, 6.07) is 6.88. The van der Waals surface area contributed by atoms with Crippen molar-refractivity contribution in [3.8, 4) is 0 Å². The molecule has 1 aliphatic rings. The fourth-order valence-corrected chi connectivity index (χ4v) is 2.51. The van der Waals surface area contributed by atoms with E-state index >= 15 is 0 Å². The second kappa shape index (κ2) is 5.61. The third kappa shape index (κ3) is 3.51. The predicted molar refractivity (Wildman–Crippen MR) is 70.9 cm³/mol. The molecule has 0 bridgehead atoms. The van der Waals surface area contributed by atoms with Crippen molar-refractivity contribution in [2.75, 3.05) is 20.1 Å². The van der Waals surface area contributed by atoms with E-state index in [0.29, 0.717) is 6.04 Å². The van der Waals surface area contributed by atoms with E-state index < -0.39 is 0 Å². The number of aromatic nitrogens is 1. The second-order valence-electron chi connectivity index (χ2n) is 5.29. The molecule has 2 atom stereocenters. The summed E-state index contributed by atoms with van der Waals surface area (Å²) in [5.74, 6) is 0.794. The summed E-state index contributed by atoms with van der Waals surface area (Å²) in [5.41, 5.74) is 2.27. The Kier molecular flexibility index (Phi) is 4.13. The van der Waals surface area contributed by atoms with Crippen LogP contribution >= 0.6 is 0 Å². The molecular weight excluding hydrogens is 210 g/mol. The Bertz CT molecular complexity index is 364. The molecule has 0 spiro atoms. The van der Waals surface area contributed by atoms with Crippen molar-refractivity contribution < 1.29 is 0 Å². The van der Waals surface area contributed by atoms with E-state index in [1.807, 2.05) is 13.0 Å². The molecule has 2 heterocycles. The van der Waals surface area contributed by atoms with Crippen LogP contribution in [0.15, 0.2) is 18.2 Å². The van der Waals surface area contributed by atoms with Crippen molar-refractivity contribution >= 4 is 0 Å². The van der Waals surface area contributed by atoms with Gasteiger partial charge in [0, 0.05) is 24.8 Å². The van der Waals surface area contributed by atoms with Gasteiger partial charge in [0.2, 0.25) is 0 Å². The zero-order valence-corrected chi connectivity index (χ0v) is 11.1.